The van der Waals surface area contributed by atoms with Gasteiger partial charge in [0.15, 0.2) is 0 Å². The van der Waals surface area contributed by atoms with E-state index in [4.69, 9.17) is 4.74 Å². The van der Waals surface area contributed by atoms with E-state index in [1.54, 1.807) is 19.3 Å². The molecule has 0 N–H and O–H groups in total. The van der Waals surface area contributed by atoms with Gasteiger partial charge in [0.2, 0.25) is 0 Å². The lowest BCUT2D eigenvalue weighted by Gasteiger charge is -2.06. The van der Waals surface area contributed by atoms with Crippen LogP contribution in [0.5, 0.6) is 0 Å². The molecule has 0 aliphatic rings. The molecule has 0 fully saturated rings. The van der Waals surface area contributed by atoms with Gasteiger partial charge in [-0.2, -0.15) is 0 Å². The summed E-state index contributed by atoms with van der Waals surface area (Å²) in [5.74, 6) is 0. The van der Waals surface area contributed by atoms with Crippen LogP contribution in [0.25, 0.3) is 0 Å². The second-order valence-electron chi connectivity index (χ2n) is 1.51. The van der Waals surface area contributed by atoms with Crippen LogP contribution in [-0.2, 0) is 9.47 Å². The van der Waals surface area contributed by atoms with Crippen LogP contribution in [0.2, 0.25) is 0 Å². The van der Waals surface area contributed by atoms with Crippen LogP contribution in [0.4, 0.5) is 0 Å². The third-order valence-corrected chi connectivity index (χ3v) is 0.843. The summed E-state index contributed by atoms with van der Waals surface area (Å²) in [5, 5.41) is 0. The molecule has 9 heavy (non-hydrogen) atoms. The van der Waals surface area contributed by atoms with Gasteiger partial charge in [-0.25, -0.2) is 0 Å². The standard InChI is InChI=1S/C7H12O2/c1-4-7(5-2)9-6-8-3/h4-5,7H,1-2,6H2,3H3. The fourth-order valence-electron chi connectivity index (χ4n) is 0.379. The molecule has 2 heteroatoms. The summed E-state index contributed by atoms with van der Waals surface area (Å²) in [6.45, 7) is 7.35. The van der Waals surface area contributed by atoms with Crippen LogP contribution < -0.4 is 0 Å². The Labute approximate surface area is 55.8 Å². The minimum absolute atomic E-state index is 0.0926. The van der Waals surface area contributed by atoms with Gasteiger partial charge in [-0.15, -0.1) is 13.2 Å². The van der Waals surface area contributed by atoms with E-state index in [-0.39, 0.29) is 12.9 Å². The quantitative estimate of drug-likeness (QED) is 0.411. The van der Waals surface area contributed by atoms with Crippen LogP contribution in [0.3, 0.4) is 0 Å². The van der Waals surface area contributed by atoms with Gasteiger partial charge in [-0.05, 0) is 0 Å². The summed E-state index contributed by atoms with van der Waals surface area (Å²) in [7, 11) is 1.57. The molecular formula is C7H12O2. The third-order valence-electron chi connectivity index (χ3n) is 0.843. The first-order valence-corrected chi connectivity index (χ1v) is 2.70. The Bertz CT molecular complexity index is 80.9. The van der Waals surface area contributed by atoms with Crippen LogP contribution in [-0.4, -0.2) is 20.0 Å². The second kappa shape index (κ2) is 5.54. The maximum absolute atomic E-state index is 5.03. The largest absolute Gasteiger partial charge is 0.359 e. The number of methoxy groups -OCH3 is 1. The second-order valence-corrected chi connectivity index (χ2v) is 1.51. The Kier molecular flexibility index (Phi) is 5.17. The minimum atomic E-state index is -0.0926. The van der Waals surface area contributed by atoms with Crippen molar-refractivity contribution in [3.63, 3.8) is 0 Å². The zero-order chi connectivity index (χ0) is 7.11. The Morgan fingerprint density at radius 1 is 1.44 bits per heavy atom. The van der Waals surface area contributed by atoms with E-state index in [0.717, 1.165) is 0 Å². The van der Waals surface area contributed by atoms with Gasteiger partial charge < -0.3 is 9.47 Å². The number of rotatable bonds is 5. The Hall–Kier alpha value is -0.600. The molecule has 0 unspecified atom stereocenters. The van der Waals surface area contributed by atoms with E-state index >= 15 is 0 Å². The molecule has 0 saturated carbocycles. The molecule has 0 aromatic carbocycles. The molecule has 0 radical (unpaired) electrons. The van der Waals surface area contributed by atoms with E-state index < -0.39 is 0 Å². The monoisotopic (exact) mass is 128 g/mol. The Morgan fingerprint density at radius 3 is 2.33 bits per heavy atom. The molecule has 0 aliphatic carbocycles. The number of hydrogen-bond acceptors (Lipinski definition) is 2. The molecule has 0 aromatic heterocycles. The molecule has 0 aliphatic heterocycles. The summed E-state index contributed by atoms with van der Waals surface area (Å²) in [6.07, 6.45) is 3.22. The van der Waals surface area contributed by atoms with Gasteiger partial charge in [-0.3, -0.25) is 0 Å². The topological polar surface area (TPSA) is 18.5 Å². The molecule has 0 saturated heterocycles. The fraction of sp³-hybridized carbons (Fsp3) is 0.429. The number of ether oxygens (including phenoxy) is 2. The van der Waals surface area contributed by atoms with E-state index in [1.807, 2.05) is 0 Å². The zero-order valence-electron chi connectivity index (χ0n) is 5.67. The van der Waals surface area contributed by atoms with Gasteiger partial charge in [0.25, 0.3) is 0 Å². The molecule has 0 spiro atoms. The molecule has 0 amide bonds. The molecule has 52 valence electrons. The summed E-state index contributed by atoms with van der Waals surface area (Å²) in [4.78, 5) is 0. The van der Waals surface area contributed by atoms with Crippen molar-refractivity contribution in [2.24, 2.45) is 0 Å². The van der Waals surface area contributed by atoms with Crippen LogP contribution in [0, 0.1) is 0 Å². The first-order valence-electron chi connectivity index (χ1n) is 2.70. The van der Waals surface area contributed by atoms with E-state index in [1.165, 1.54) is 0 Å². The molecule has 0 heterocycles. The van der Waals surface area contributed by atoms with Crippen LogP contribution in [0.1, 0.15) is 0 Å². The van der Waals surface area contributed by atoms with E-state index in [2.05, 4.69) is 17.9 Å². The molecular weight excluding hydrogens is 116 g/mol. The van der Waals surface area contributed by atoms with Gasteiger partial charge in [0.1, 0.15) is 6.79 Å². The summed E-state index contributed by atoms with van der Waals surface area (Å²) in [5.41, 5.74) is 0. The maximum atomic E-state index is 5.03. The van der Waals surface area contributed by atoms with Crippen molar-refractivity contribution in [3.05, 3.63) is 25.3 Å². The predicted molar refractivity (Wildman–Crippen MR) is 37.1 cm³/mol. The average Bonchev–Trinajstić information content (AvgIpc) is 1.91. The van der Waals surface area contributed by atoms with Gasteiger partial charge >= 0.3 is 0 Å². The third kappa shape index (κ3) is 3.94. The highest BCUT2D eigenvalue weighted by Crippen LogP contribution is 1.92. The van der Waals surface area contributed by atoms with Crippen LogP contribution in [0.15, 0.2) is 25.3 Å². The summed E-state index contributed by atoms with van der Waals surface area (Å²) < 4.78 is 9.69. The van der Waals surface area contributed by atoms with Gasteiger partial charge in [0, 0.05) is 7.11 Å². The van der Waals surface area contributed by atoms with Crippen molar-refractivity contribution in [1.82, 2.24) is 0 Å². The normalized spacial score (nSPS) is 9.56. The summed E-state index contributed by atoms with van der Waals surface area (Å²) >= 11 is 0. The van der Waals surface area contributed by atoms with Crippen molar-refractivity contribution in [2.75, 3.05) is 13.9 Å². The molecule has 0 atom stereocenters. The van der Waals surface area contributed by atoms with Crippen molar-refractivity contribution in [2.45, 2.75) is 6.10 Å². The SMILES string of the molecule is C=CC(C=C)OCOC. The highest BCUT2D eigenvalue weighted by Gasteiger charge is 1.93. The smallest absolute Gasteiger partial charge is 0.147 e. The van der Waals surface area contributed by atoms with Gasteiger partial charge in [0.05, 0.1) is 6.10 Å². The zero-order valence-corrected chi connectivity index (χ0v) is 5.67. The van der Waals surface area contributed by atoms with Gasteiger partial charge in [-0.1, -0.05) is 12.2 Å². The van der Waals surface area contributed by atoms with Crippen molar-refractivity contribution < 1.29 is 9.47 Å². The van der Waals surface area contributed by atoms with E-state index in [0.29, 0.717) is 0 Å². The van der Waals surface area contributed by atoms with Crippen molar-refractivity contribution in [1.29, 1.82) is 0 Å². The lowest BCUT2D eigenvalue weighted by Crippen LogP contribution is -2.07. The van der Waals surface area contributed by atoms with Crippen molar-refractivity contribution >= 4 is 0 Å². The molecule has 2 nitrogen and oxygen atoms in total. The first kappa shape index (κ1) is 8.40. The predicted octanol–water partition coefficient (Wildman–Crippen LogP) is 1.35. The number of hydrogen-bond donors (Lipinski definition) is 0. The van der Waals surface area contributed by atoms with Crippen LogP contribution >= 0.6 is 0 Å². The Morgan fingerprint density at radius 2 is 2.00 bits per heavy atom. The minimum Gasteiger partial charge on any atom is -0.359 e. The first-order chi connectivity index (χ1) is 4.35. The Balaban J connectivity index is 3.30. The maximum Gasteiger partial charge on any atom is 0.147 e. The lowest BCUT2D eigenvalue weighted by molar-refractivity contribution is -0.0408. The summed E-state index contributed by atoms with van der Waals surface area (Å²) in [6, 6.07) is 0. The lowest BCUT2D eigenvalue weighted by atomic mass is 10.3. The molecule has 0 aromatic rings. The fourth-order valence-corrected chi connectivity index (χ4v) is 0.379. The average molecular weight is 128 g/mol. The highest BCUT2D eigenvalue weighted by molar-refractivity contribution is 4.93. The molecule has 0 rings (SSSR count). The van der Waals surface area contributed by atoms with Crippen molar-refractivity contribution in [3.8, 4) is 0 Å². The molecule has 0 bridgehead atoms. The highest BCUT2D eigenvalue weighted by atomic mass is 16.7. The van der Waals surface area contributed by atoms with E-state index in [9.17, 15) is 0 Å².